The molecule has 0 fully saturated rings. The van der Waals surface area contributed by atoms with Crippen LogP contribution < -0.4 is 10.6 Å². The molecule has 0 spiro atoms. The van der Waals surface area contributed by atoms with Crippen molar-refractivity contribution in [3.63, 3.8) is 0 Å². The standard InChI is InChI=1S/C17H26N4OS/c1-5-6-11-23-16-20-19-15(21(16)18)12-22-14-9-7-13(8-10-14)17(2,3)4/h7-10H,5-6,11-12,18H2,1-4H3. The number of rotatable bonds is 7. The third-order valence-electron chi connectivity index (χ3n) is 3.55. The first-order valence-corrected chi connectivity index (χ1v) is 8.96. The van der Waals surface area contributed by atoms with Gasteiger partial charge in [-0.25, -0.2) is 4.68 Å². The van der Waals surface area contributed by atoms with Crippen LogP contribution in [0.5, 0.6) is 5.75 Å². The molecule has 0 atom stereocenters. The zero-order valence-corrected chi connectivity index (χ0v) is 15.2. The van der Waals surface area contributed by atoms with Crippen LogP contribution in [0.1, 0.15) is 51.9 Å². The Morgan fingerprint density at radius 1 is 1.17 bits per heavy atom. The molecule has 0 aliphatic heterocycles. The molecule has 0 aliphatic carbocycles. The molecule has 1 aromatic heterocycles. The van der Waals surface area contributed by atoms with Crippen LogP contribution in [-0.4, -0.2) is 20.6 Å². The summed E-state index contributed by atoms with van der Waals surface area (Å²) < 4.78 is 7.28. The Morgan fingerprint density at radius 2 is 1.87 bits per heavy atom. The Hall–Kier alpha value is -1.69. The van der Waals surface area contributed by atoms with Crippen LogP contribution >= 0.6 is 11.8 Å². The number of thioether (sulfide) groups is 1. The molecule has 23 heavy (non-hydrogen) atoms. The minimum atomic E-state index is 0.139. The fraction of sp³-hybridized carbons (Fsp3) is 0.529. The van der Waals surface area contributed by atoms with Gasteiger partial charge in [-0.2, -0.15) is 0 Å². The molecular formula is C17H26N4OS. The molecule has 2 N–H and O–H groups in total. The largest absolute Gasteiger partial charge is 0.486 e. The second-order valence-electron chi connectivity index (χ2n) is 6.53. The zero-order chi connectivity index (χ0) is 16.9. The molecule has 1 aromatic carbocycles. The van der Waals surface area contributed by atoms with Crippen LogP contribution in [0.4, 0.5) is 0 Å². The molecule has 5 nitrogen and oxygen atoms in total. The highest BCUT2D eigenvalue weighted by molar-refractivity contribution is 7.99. The molecule has 0 radical (unpaired) electrons. The van der Waals surface area contributed by atoms with Gasteiger partial charge in [0.1, 0.15) is 12.4 Å². The van der Waals surface area contributed by atoms with Crippen molar-refractivity contribution in [1.82, 2.24) is 14.9 Å². The minimum Gasteiger partial charge on any atom is -0.486 e. The third-order valence-corrected chi connectivity index (χ3v) is 4.58. The van der Waals surface area contributed by atoms with Crippen LogP contribution in [0.25, 0.3) is 0 Å². The van der Waals surface area contributed by atoms with Crippen molar-refractivity contribution in [3.8, 4) is 5.75 Å². The van der Waals surface area contributed by atoms with Gasteiger partial charge in [0.05, 0.1) is 0 Å². The fourth-order valence-electron chi connectivity index (χ4n) is 2.01. The first kappa shape index (κ1) is 17.7. The van der Waals surface area contributed by atoms with Crippen LogP contribution in [0.15, 0.2) is 29.4 Å². The molecule has 0 unspecified atom stereocenters. The fourth-order valence-corrected chi connectivity index (χ4v) is 2.97. The summed E-state index contributed by atoms with van der Waals surface area (Å²) >= 11 is 1.63. The number of benzene rings is 1. The van der Waals surface area contributed by atoms with Crippen LogP contribution in [0.2, 0.25) is 0 Å². The van der Waals surface area contributed by atoms with E-state index in [1.54, 1.807) is 11.8 Å². The second kappa shape index (κ2) is 7.73. The molecule has 0 saturated heterocycles. The van der Waals surface area contributed by atoms with E-state index in [1.807, 2.05) is 12.1 Å². The summed E-state index contributed by atoms with van der Waals surface area (Å²) in [4.78, 5) is 0. The quantitative estimate of drug-likeness (QED) is 0.474. The van der Waals surface area contributed by atoms with Gasteiger partial charge in [-0.3, -0.25) is 0 Å². The highest BCUT2D eigenvalue weighted by Crippen LogP contribution is 2.24. The van der Waals surface area contributed by atoms with E-state index in [-0.39, 0.29) is 5.41 Å². The van der Waals surface area contributed by atoms with E-state index in [0.717, 1.165) is 29.5 Å². The number of hydrogen-bond acceptors (Lipinski definition) is 5. The van der Waals surface area contributed by atoms with Crippen molar-refractivity contribution in [2.24, 2.45) is 0 Å². The van der Waals surface area contributed by atoms with Gasteiger partial charge in [0, 0.05) is 5.75 Å². The lowest BCUT2D eigenvalue weighted by Crippen LogP contribution is -2.16. The van der Waals surface area contributed by atoms with Crippen LogP contribution in [0, 0.1) is 0 Å². The number of hydrogen-bond donors (Lipinski definition) is 1. The first-order chi connectivity index (χ1) is 10.9. The topological polar surface area (TPSA) is 66.0 Å². The Kier molecular flexibility index (Phi) is 5.93. The van der Waals surface area contributed by atoms with E-state index < -0.39 is 0 Å². The number of ether oxygens (including phenoxy) is 1. The van der Waals surface area contributed by atoms with Gasteiger partial charge >= 0.3 is 0 Å². The molecule has 6 heteroatoms. The van der Waals surface area contributed by atoms with Crippen molar-refractivity contribution in [3.05, 3.63) is 35.7 Å². The van der Waals surface area contributed by atoms with Gasteiger partial charge in [-0.15, -0.1) is 10.2 Å². The SMILES string of the molecule is CCCCSc1nnc(COc2ccc(C(C)(C)C)cc2)n1N. The van der Waals surface area contributed by atoms with Crippen molar-refractivity contribution >= 4 is 11.8 Å². The summed E-state index contributed by atoms with van der Waals surface area (Å²) in [6.07, 6.45) is 2.30. The zero-order valence-electron chi connectivity index (χ0n) is 14.4. The number of nitrogens with zero attached hydrogens (tertiary/aromatic N) is 3. The molecule has 0 amide bonds. The molecule has 0 saturated carbocycles. The summed E-state index contributed by atoms with van der Waals surface area (Å²) in [6, 6.07) is 8.15. The Bertz CT molecular complexity index is 617. The number of nitrogen functional groups attached to an aromatic ring is 1. The van der Waals surface area contributed by atoms with Crippen LogP contribution in [-0.2, 0) is 12.0 Å². The first-order valence-electron chi connectivity index (χ1n) is 7.97. The highest BCUT2D eigenvalue weighted by atomic mass is 32.2. The van der Waals surface area contributed by atoms with Gasteiger partial charge in [0.2, 0.25) is 5.16 Å². The van der Waals surface area contributed by atoms with E-state index in [2.05, 4.69) is 50.0 Å². The maximum Gasteiger partial charge on any atom is 0.209 e. The van der Waals surface area contributed by atoms with Crippen molar-refractivity contribution in [1.29, 1.82) is 0 Å². The molecule has 126 valence electrons. The Balaban J connectivity index is 1.93. The van der Waals surface area contributed by atoms with E-state index in [0.29, 0.717) is 12.4 Å². The average Bonchev–Trinajstić information content (AvgIpc) is 2.86. The van der Waals surface area contributed by atoms with Gasteiger partial charge in [0.15, 0.2) is 5.82 Å². The molecule has 2 aromatic rings. The second-order valence-corrected chi connectivity index (χ2v) is 7.60. The van der Waals surface area contributed by atoms with Crippen molar-refractivity contribution in [2.75, 3.05) is 11.6 Å². The lowest BCUT2D eigenvalue weighted by Gasteiger charge is -2.19. The van der Waals surface area contributed by atoms with Gasteiger partial charge < -0.3 is 10.6 Å². The molecular weight excluding hydrogens is 308 g/mol. The highest BCUT2D eigenvalue weighted by Gasteiger charge is 2.14. The molecule has 0 aliphatic rings. The van der Waals surface area contributed by atoms with Gasteiger partial charge in [0.25, 0.3) is 0 Å². The number of unbranched alkanes of at least 4 members (excludes halogenated alkanes) is 1. The molecule has 1 heterocycles. The Morgan fingerprint density at radius 3 is 2.48 bits per heavy atom. The summed E-state index contributed by atoms with van der Waals surface area (Å²) in [5.74, 6) is 8.46. The number of nitrogens with two attached hydrogens (primary N) is 1. The van der Waals surface area contributed by atoms with E-state index >= 15 is 0 Å². The van der Waals surface area contributed by atoms with Crippen molar-refractivity contribution < 1.29 is 4.74 Å². The van der Waals surface area contributed by atoms with Gasteiger partial charge in [-0.1, -0.05) is 58.0 Å². The third kappa shape index (κ3) is 4.89. The maximum absolute atomic E-state index is 6.02. The number of aromatic nitrogens is 3. The van der Waals surface area contributed by atoms with E-state index in [1.165, 1.54) is 10.2 Å². The van der Waals surface area contributed by atoms with Gasteiger partial charge in [-0.05, 0) is 29.5 Å². The summed E-state index contributed by atoms with van der Waals surface area (Å²) in [6.45, 7) is 9.05. The van der Waals surface area contributed by atoms with Crippen LogP contribution in [0.3, 0.4) is 0 Å². The predicted octanol–water partition coefficient (Wildman–Crippen LogP) is 3.76. The lowest BCUT2D eigenvalue weighted by atomic mass is 9.87. The normalized spacial score (nSPS) is 11.7. The Labute approximate surface area is 142 Å². The summed E-state index contributed by atoms with van der Waals surface area (Å²) in [5.41, 5.74) is 1.42. The minimum absolute atomic E-state index is 0.139. The lowest BCUT2D eigenvalue weighted by molar-refractivity contribution is 0.291. The smallest absolute Gasteiger partial charge is 0.209 e. The average molecular weight is 334 g/mol. The molecule has 0 bridgehead atoms. The van der Waals surface area contributed by atoms with E-state index in [4.69, 9.17) is 10.6 Å². The maximum atomic E-state index is 6.02. The summed E-state index contributed by atoms with van der Waals surface area (Å²) in [5, 5.41) is 8.96. The monoisotopic (exact) mass is 334 g/mol. The van der Waals surface area contributed by atoms with Crippen molar-refractivity contribution in [2.45, 2.75) is 57.7 Å². The van der Waals surface area contributed by atoms with E-state index in [9.17, 15) is 0 Å². The summed E-state index contributed by atoms with van der Waals surface area (Å²) in [7, 11) is 0. The predicted molar refractivity (Wildman–Crippen MR) is 95.3 cm³/mol. The molecule has 2 rings (SSSR count).